The van der Waals surface area contributed by atoms with Gasteiger partial charge in [-0.25, -0.2) is 0 Å². The molecule has 0 saturated carbocycles. The minimum atomic E-state index is -0.220. The Morgan fingerprint density at radius 1 is 0.106 bits per heavy atom. The molecule has 3 aliphatic rings. The van der Waals surface area contributed by atoms with E-state index in [2.05, 4.69) is 521 Å². The van der Waals surface area contributed by atoms with Crippen molar-refractivity contribution in [2.24, 2.45) is 0 Å². The molecule has 0 aliphatic heterocycles. The summed E-state index contributed by atoms with van der Waals surface area (Å²) < 4.78 is 0. The molecule has 6 nitrogen and oxygen atoms in total. The van der Waals surface area contributed by atoms with E-state index in [-0.39, 0.29) is 17.8 Å². The molecule has 0 atom stereocenters. The van der Waals surface area contributed by atoms with Crippen molar-refractivity contribution in [1.82, 2.24) is 0 Å². The normalized spacial score (nSPS) is 12.3. The highest BCUT2D eigenvalue weighted by atomic mass is 15.2. The topological polar surface area (TPSA) is 19.4 Å². The second-order valence-corrected chi connectivity index (χ2v) is 31.9. The summed E-state index contributed by atoms with van der Waals surface area (Å²) in [6.07, 6.45) is 0. The second kappa shape index (κ2) is 32.0. The summed E-state index contributed by atoms with van der Waals surface area (Å²) in [5.74, 6) is -0.661. The Bertz CT molecular complexity index is 5670. The fourth-order valence-corrected chi connectivity index (χ4v) is 19.4. The Morgan fingerprint density at radius 3 is 0.333 bits per heavy atom. The zero-order valence-electron chi connectivity index (χ0n) is 67.7. The van der Waals surface area contributed by atoms with Crippen LogP contribution in [0.3, 0.4) is 0 Å². The Hall–Kier alpha value is -16.0. The monoisotopic (exact) mass is 1570 g/mol. The summed E-state index contributed by atoms with van der Waals surface area (Å²) >= 11 is 0. The van der Waals surface area contributed by atoms with Crippen LogP contribution < -0.4 is 29.4 Å². The third kappa shape index (κ3) is 13.6. The van der Waals surface area contributed by atoms with Gasteiger partial charge in [-0.05, 0) is 302 Å². The van der Waals surface area contributed by atoms with Gasteiger partial charge in [0.1, 0.15) is 0 Å². The lowest BCUT2D eigenvalue weighted by Crippen LogP contribution is -2.11. The molecular formula is C117H84N6. The first-order valence-electron chi connectivity index (χ1n) is 42.5. The van der Waals surface area contributed by atoms with E-state index in [1.54, 1.807) is 0 Å². The smallest absolute Gasteiger partial charge is 0.0468 e. The Labute approximate surface area is 719 Å². The van der Waals surface area contributed by atoms with Crippen molar-refractivity contribution in [2.45, 2.75) is 17.8 Å². The summed E-state index contributed by atoms with van der Waals surface area (Å²) in [4.78, 5) is 14.4. The first-order chi connectivity index (χ1) is 61.0. The van der Waals surface area contributed by atoms with Gasteiger partial charge in [0.2, 0.25) is 0 Å². The molecule has 0 bridgehead atoms. The van der Waals surface area contributed by atoms with Crippen LogP contribution in [-0.4, -0.2) is 0 Å². The predicted molar refractivity (Wildman–Crippen MR) is 513 cm³/mol. The molecule has 0 saturated heterocycles. The van der Waals surface area contributed by atoms with Crippen LogP contribution >= 0.6 is 0 Å². The molecule has 3 aliphatic carbocycles. The number of benzene rings is 19. The highest BCUT2D eigenvalue weighted by molar-refractivity contribution is 5.95. The first-order valence-corrected chi connectivity index (χ1v) is 42.5. The number of rotatable bonds is 21. The SMILES string of the molecule is c1ccc(N(c2ccccc2)c2ccc3c(c2)-c2cc(N(c4ccccc4)c4ccccc4)ccc2C3c2cc(C3c4ccc(N(c5ccccc5)c5ccccc5)cc4-c4cc(N(c5ccccc5)c5ccccc5)ccc43)cc(C3c4ccc(N(c5ccccc5)c5ccccc5)cc4-c4cc(N(c5ccccc5)c5ccccc5)ccc43)c2)cc1. The fourth-order valence-electron chi connectivity index (χ4n) is 19.4. The van der Waals surface area contributed by atoms with E-state index in [9.17, 15) is 0 Å². The lowest BCUT2D eigenvalue weighted by atomic mass is 9.79. The van der Waals surface area contributed by atoms with Gasteiger partial charge in [-0.15, -0.1) is 0 Å². The van der Waals surface area contributed by atoms with Gasteiger partial charge in [0.25, 0.3) is 0 Å². The molecule has 0 radical (unpaired) electrons. The summed E-state index contributed by atoms with van der Waals surface area (Å²) in [5.41, 5.74) is 37.7. The van der Waals surface area contributed by atoms with Crippen LogP contribution in [0.15, 0.2) is 491 Å². The maximum atomic E-state index is 2.61. The summed E-state index contributed by atoms with van der Waals surface area (Å²) in [7, 11) is 0. The lowest BCUT2D eigenvalue weighted by Gasteiger charge is -2.27. The van der Waals surface area contributed by atoms with E-state index in [4.69, 9.17) is 0 Å². The van der Waals surface area contributed by atoms with Gasteiger partial charge in [-0.3, -0.25) is 0 Å². The molecule has 6 heteroatoms. The van der Waals surface area contributed by atoms with Gasteiger partial charge < -0.3 is 29.4 Å². The second-order valence-electron chi connectivity index (χ2n) is 31.9. The predicted octanol–water partition coefficient (Wildman–Crippen LogP) is 32.0. The largest absolute Gasteiger partial charge is 0.310 e. The zero-order valence-corrected chi connectivity index (χ0v) is 67.7. The van der Waals surface area contributed by atoms with Crippen molar-refractivity contribution < 1.29 is 0 Å². The van der Waals surface area contributed by atoms with Crippen LogP contribution in [0.25, 0.3) is 33.4 Å². The van der Waals surface area contributed by atoms with Gasteiger partial charge in [0.05, 0.1) is 0 Å². The Morgan fingerprint density at radius 2 is 0.220 bits per heavy atom. The molecule has 0 fully saturated rings. The number of fused-ring (bicyclic) bond motifs is 9. The molecule has 0 heterocycles. The van der Waals surface area contributed by atoms with Crippen molar-refractivity contribution in [3.63, 3.8) is 0 Å². The van der Waals surface area contributed by atoms with Crippen LogP contribution in [0.2, 0.25) is 0 Å². The number of nitrogens with zero attached hydrogens (tertiary/aromatic N) is 6. The molecule has 0 unspecified atom stereocenters. The van der Waals surface area contributed by atoms with E-state index in [1.807, 2.05) is 0 Å². The average molecular weight is 1570 g/mol. The standard InChI is InChI=1S/C117H84N6/c1-13-37-85(38-14-1)118(86-39-15-2-16-40-86)97-61-67-103-109(76-97)110-77-98(119(87-41-17-3-18-42-87)88-43-19-4-20-44-88)62-68-104(110)115(103)82-73-83(116-105-69-63-99(120(89-45-21-5-22-46-89)90-47-23-6-24-48-90)78-111(105)112-79-100(64-70-106(112)116)121(91-49-25-7-26-50-91)92-51-27-8-28-52-92)75-84(74-82)117-107-71-65-101(122(93-53-29-9-30-54-93)94-55-31-10-32-56-94)80-113(107)114-81-102(66-72-108(114)117)123(95-57-33-11-34-58-95)96-59-35-12-36-60-96/h1-81,115-117H. The average Bonchev–Trinajstić information content (AvgIpc) is 1.57. The molecule has 22 rings (SSSR count). The first kappa shape index (κ1) is 73.4. The van der Waals surface area contributed by atoms with Crippen LogP contribution in [0.5, 0.6) is 0 Å². The molecular weight excluding hydrogens is 1490 g/mol. The fraction of sp³-hybridized carbons (Fsp3) is 0.0256. The summed E-state index contributed by atoms with van der Waals surface area (Å²) in [6.45, 7) is 0. The highest BCUT2D eigenvalue weighted by Crippen LogP contribution is 2.59. The molecule has 123 heavy (non-hydrogen) atoms. The molecule has 19 aromatic rings. The highest BCUT2D eigenvalue weighted by Gasteiger charge is 2.40. The summed E-state index contributed by atoms with van der Waals surface area (Å²) in [6, 6.07) is 182. The maximum absolute atomic E-state index is 2.61. The maximum Gasteiger partial charge on any atom is 0.0468 e. The van der Waals surface area contributed by atoms with Crippen molar-refractivity contribution >= 4 is 102 Å². The molecule has 19 aromatic carbocycles. The quantitative estimate of drug-likeness (QED) is 0.0709. The third-order valence-electron chi connectivity index (χ3n) is 24.7. The summed E-state index contributed by atoms with van der Waals surface area (Å²) in [5, 5.41) is 0. The molecule has 582 valence electrons. The van der Waals surface area contributed by atoms with Crippen molar-refractivity contribution in [1.29, 1.82) is 0 Å². The minimum absolute atomic E-state index is 0.220. The van der Waals surface area contributed by atoms with Crippen molar-refractivity contribution in [3.05, 3.63) is 541 Å². The van der Waals surface area contributed by atoms with Gasteiger partial charge in [-0.2, -0.15) is 0 Å². The Kier molecular flexibility index (Phi) is 19.1. The molecule has 0 aromatic heterocycles. The van der Waals surface area contributed by atoms with E-state index in [0.29, 0.717) is 0 Å². The van der Waals surface area contributed by atoms with Crippen LogP contribution in [0.4, 0.5) is 102 Å². The molecule has 0 amide bonds. The number of para-hydroxylation sites is 12. The number of hydrogen-bond donors (Lipinski definition) is 0. The van der Waals surface area contributed by atoms with Gasteiger partial charge in [-0.1, -0.05) is 273 Å². The molecule has 0 spiro atoms. The van der Waals surface area contributed by atoms with Gasteiger partial charge >= 0.3 is 0 Å². The van der Waals surface area contributed by atoms with Crippen molar-refractivity contribution in [2.75, 3.05) is 29.4 Å². The Balaban J connectivity index is 0.810. The molecule has 0 N–H and O–H groups in total. The number of hydrogen-bond acceptors (Lipinski definition) is 6. The van der Waals surface area contributed by atoms with Crippen LogP contribution in [-0.2, 0) is 0 Å². The van der Waals surface area contributed by atoms with E-state index in [0.717, 1.165) is 102 Å². The van der Waals surface area contributed by atoms with E-state index in [1.165, 1.54) is 83.5 Å². The van der Waals surface area contributed by atoms with E-state index >= 15 is 0 Å². The van der Waals surface area contributed by atoms with E-state index < -0.39 is 0 Å². The van der Waals surface area contributed by atoms with Gasteiger partial charge in [0, 0.05) is 120 Å². The zero-order chi connectivity index (χ0) is 81.5. The van der Waals surface area contributed by atoms with Crippen LogP contribution in [0.1, 0.15) is 67.8 Å². The third-order valence-corrected chi connectivity index (χ3v) is 24.7. The van der Waals surface area contributed by atoms with Crippen LogP contribution in [0, 0.1) is 0 Å². The van der Waals surface area contributed by atoms with Gasteiger partial charge in [0.15, 0.2) is 0 Å². The number of anilines is 18. The minimum Gasteiger partial charge on any atom is -0.310 e. The lowest BCUT2D eigenvalue weighted by molar-refractivity contribution is 0.935. The van der Waals surface area contributed by atoms with Crippen molar-refractivity contribution in [3.8, 4) is 33.4 Å².